The van der Waals surface area contributed by atoms with Gasteiger partial charge in [0.25, 0.3) is 0 Å². The van der Waals surface area contributed by atoms with Crippen LogP contribution in [0.25, 0.3) is 0 Å². The molecule has 2 aromatic heterocycles. The van der Waals surface area contributed by atoms with Crippen LogP contribution in [0, 0.1) is 0 Å². The Morgan fingerprint density at radius 1 is 1.29 bits per heavy atom. The van der Waals surface area contributed by atoms with Crippen molar-refractivity contribution in [2.24, 2.45) is 0 Å². The Morgan fingerprint density at radius 3 is 2.88 bits per heavy atom. The van der Waals surface area contributed by atoms with Crippen LogP contribution >= 0.6 is 23.4 Å². The third-order valence-electron chi connectivity index (χ3n) is 2.20. The van der Waals surface area contributed by atoms with E-state index in [1.54, 1.807) is 24.2 Å². The molecule has 1 N–H and O–H groups in total. The topological polar surface area (TPSA) is 37.8 Å². The molecule has 0 saturated carbocycles. The van der Waals surface area contributed by atoms with Crippen molar-refractivity contribution in [1.82, 2.24) is 9.97 Å². The van der Waals surface area contributed by atoms with Crippen LogP contribution in [0.3, 0.4) is 0 Å². The molecule has 0 amide bonds. The Hall–Kier alpha value is -1.26. The van der Waals surface area contributed by atoms with Crippen molar-refractivity contribution in [3.05, 3.63) is 47.2 Å². The van der Waals surface area contributed by atoms with Gasteiger partial charge in [0, 0.05) is 30.8 Å². The molecule has 2 heterocycles. The Labute approximate surface area is 110 Å². The third-order valence-corrected chi connectivity index (χ3v) is 3.42. The summed E-state index contributed by atoms with van der Waals surface area (Å²) in [5.41, 5.74) is 1.16. The van der Waals surface area contributed by atoms with E-state index in [4.69, 9.17) is 11.6 Å². The molecule has 0 spiro atoms. The van der Waals surface area contributed by atoms with E-state index in [0.717, 1.165) is 22.2 Å². The van der Waals surface area contributed by atoms with Crippen LogP contribution in [-0.2, 0) is 5.75 Å². The second-order valence-electron chi connectivity index (χ2n) is 3.36. The maximum Gasteiger partial charge on any atom is 0.129 e. The Morgan fingerprint density at radius 2 is 2.18 bits per heavy atom. The van der Waals surface area contributed by atoms with Crippen molar-refractivity contribution in [3.8, 4) is 0 Å². The number of anilines is 1. The van der Waals surface area contributed by atoms with Gasteiger partial charge in [-0.3, -0.25) is 0 Å². The molecule has 17 heavy (non-hydrogen) atoms. The van der Waals surface area contributed by atoms with E-state index < -0.39 is 0 Å². The lowest BCUT2D eigenvalue weighted by Crippen LogP contribution is -1.96. The number of halogens is 1. The van der Waals surface area contributed by atoms with Crippen LogP contribution < -0.4 is 5.32 Å². The first-order valence-corrected chi connectivity index (χ1v) is 6.52. The van der Waals surface area contributed by atoms with Crippen LogP contribution in [0.1, 0.15) is 5.56 Å². The van der Waals surface area contributed by atoms with Crippen molar-refractivity contribution in [2.75, 3.05) is 12.4 Å². The zero-order valence-electron chi connectivity index (χ0n) is 9.35. The summed E-state index contributed by atoms with van der Waals surface area (Å²) >= 11 is 7.45. The Bertz CT molecular complexity index is 487. The van der Waals surface area contributed by atoms with E-state index in [0.29, 0.717) is 5.02 Å². The molecule has 0 unspecified atom stereocenters. The molecule has 0 saturated heterocycles. The molecule has 0 atom stereocenters. The van der Waals surface area contributed by atoms with E-state index in [9.17, 15) is 0 Å². The van der Waals surface area contributed by atoms with Gasteiger partial charge in [0.1, 0.15) is 5.82 Å². The number of pyridine rings is 2. The SMILES string of the molecule is CNc1ncccc1CSc1ccc(Cl)cn1. The number of aromatic nitrogens is 2. The van der Waals surface area contributed by atoms with E-state index >= 15 is 0 Å². The van der Waals surface area contributed by atoms with Crippen molar-refractivity contribution in [2.45, 2.75) is 10.8 Å². The molecule has 0 aliphatic carbocycles. The van der Waals surface area contributed by atoms with E-state index in [2.05, 4.69) is 21.4 Å². The van der Waals surface area contributed by atoms with Crippen LogP contribution in [-0.4, -0.2) is 17.0 Å². The quantitative estimate of drug-likeness (QED) is 0.859. The van der Waals surface area contributed by atoms with Crippen molar-refractivity contribution in [1.29, 1.82) is 0 Å². The minimum Gasteiger partial charge on any atom is -0.373 e. The number of hydrogen-bond acceptors (Lipinski definition) is 4. The maximum atomic E-state index is 5.78. The third kappa shape index (κ3) is 3.35. The second kappa shape index (κ2) is 5.89. The van der Waals surface area contributed by atoms with Gasteiger partial charge in [-0.1, -0.05) is 17.7 Å². The number of nitrogens with one attached hydrogen (secondary N) is 1. The average Bonchev–Trinajstić information content (AvgIpc) is 2.38. The average molecular weight is 266 g/mol. The monoisotopic (exact) mass is 265 g/mol. The van der Waals surface area contributed by atoms with Crippen molar-refractivity contribution >= 4 is 29.2 Å². The van der Waals surface area contributed by atoms with E-state index in [1.807, 2.05) is 25.2 Å². The molecule has 0 aromatic carbocycles. The van der Waals surface area contributed by atoms with Crippen LogP contribution in [0.15, 0.2) is 41.7 Å². The van der Waals surface area contributed by atoms with Crippen LogP contribution in [0.2, 0.25) is 5.02 Å². The summed E-state index contributed by atoms with van der Waals surface area (Å²) in [7, 11) is 1.87. The number of nitrogens with zero attached hydrogens (tertiary/aromatic N) is 2. The molecular weight excluding hydrogens is 254 g/mol. The van der Waals surface area contributed by atoms with Gasteiger partial charge in [0.05, 0.1) is 10.0 Å². The van der Waals surface area contributed by atoms with Crippen LogP contribution in [0.5, 0.6) is 0 Å². The summed E-state index contributed by atoms with van der Waals surface area (Å²) in [5.74, 6) is 1.74. The molecule has 0 aliphatic rings. The van der Waals surface area contributed by atoms with E-state index in [-0.39, 0.29) is 0 Å². The Kier molecular flexibility index (Phi) is 4.23. The van der Waals surface area contributed by atoms with Gasteiger partial charge in [0.15, 0.2) is 0 Å². The predicted octanol–water partition coefficient (Wildman–Crippen LogP) is 3.46. The molecule has 0 aliphatic heterocycles. The normalized spacial score (nSPS) is 10.2. The first-order chi connectivity index (χ1) is 8.29. The van der Waals surface area contributed by atoms with Crippen molar-refractivity contribution in [3.63, 3.8) is 0 Å². The predicted molar refractivity (Wildman–Crippen MR) is 72.6 cm³/mol. The highest BCUT2D eigenvalue weighted by molar-refractivity contribution is 7.98. The summed E-state index contributed by atoms with van der Waals surface area (Å²) in [6, 6.07) is 7.76. The molecule has 0 radical (unpaired) electrons. The zero-order valence-corrected chi connectivity index (χ0v) is 10.9. The second-order valence-corrected chi connectivity index (χ2v) is 4.80. The number of hydrogen-bond donors (Lipinski definition) is 1. The minimum atomic E-state index is 0.659. The fourth-order valence-corrected chi connectivity index (χ4v) is 2.32. The largest absolute Gasteiger partial charge is 0.373 e. The maximum absolute atomic E-state index is 5.78. The van der Waals surface area contributed by atoms with E-state index in [1.165, 1.54) is 0 Å². The summed E-state index contributed by atoms with van der Waals surface area (Å²) in [5, 5.41) is 4.69. The molecule has 88 valence electrons. The summed E-state index contributed by atoms with van der Waals surface area (Å²) in [4.78, 5) is 8.50. The zero-order chi connectivity index (χ0) is 12.1. The van der Waals surface area contributed by atoms with Gasteiger partial charge >= 0.3 is 0 Å². The standard InChI is InChI=1S/C12H12ClN3S/c1-14-12-9(3-2-6-15-12)8-17-11-5-4-10(13)7-16-11/h2-7H,8H2,1H3,(H,14,15). The molecule has 3 nitrogen and oxygen atoms in total. The molecule has 0 fully saturated rings. The van der Waals surface area contributed by atoms with Crippen LogP contribution in [0.4, 0.5) is 5.82 Å². The highest BCUT2D eigenvalue weighted by atomic mass is 35.5. The fourth-order valence-electron chi connectivity index (χ4n) is 1.38. The lowest BCUT2D eigenvalue weighted by molar-refractivity contribution is 1.13. The van der Waals surface area contributed by atoms with Gasteiger partial charge in [0.2, 0.25) is 0 Å². The summed E-state index contributed by atoms with van der Waals surface area (Å²) in [6.07, 6.45) is 3.44. The Balaban J connectivity index is 2.04. The highest BCUT2D eigenvalue weighted by Crippen LogP contribution is 2.24. The highest BCUT2D eigenvalue weighted by Gasteiger charge is 2.03. The van der Waals surface area contributed by atoms with Gasteiger partial charge in [-0.15, -0.1) is 11.8 Å². The van der Waals surface area contributed by atoms with Gasteiger partial charge < -0.3 is 5.32 Å². The summed E-state index contributed by atoms with van der Waals surface area (Å²) in [6.45, 7) is 0. The lowest BCUT2D eigenvalue weighted by atomic mass is 10.3. The number of rotatable bonds is 4. The van der Waals surface area contributed by atoms with Gasteiger partial charge in [-0.25, -0.2) is 9.97 Å². The lowest BCUT2D eigenvalue weighted by Gasteiger charge is -2.06. The van der Waals surface area contributed by atoms with Gasteiger partial charge in [-0.2, -0.15) is 0 Å². The molecule has 2 rings (SSSR count). The number of thioether (sulfide) groups is 1. The first-order valence-electron chi connectivity index (χ1n) is 5.15. The summed E-state index contributed by atoms with van der Waals surface area (Å²) < 4.78 is 0. The molecule has 0 bridgehead atoms. The minimum absolute atomic E-state index is 0.659. The molecule has 5 heteroatoms. The fraction of sp³-hybridized carbons (Fsp3) is 0.167. The smallest absolute Gasteiger partial charge is 0.129 e. The molecular formula is C12H12ClN3S. The first kappa shape index (κ1) is 12.2. The van der Waals surface area contributed by atoms with Gasteiger partial charge in [-0.05, 0) is 18.2 Å². The van der Waals surface area contributed by atoms with Crippen molar-refractivity contribution < 1.29 is 0 Å². The molecule has 2 aromatic rings.